The Morgan fingerprint density at radius 3 is 2.60 bits per heavy atom. The highest BCUT2D eigenvalue weighted by atomic mass is 32.2. The molecule has 2 rings (SSSR count). The molecule has 0 aromatic heterocycles. The number of aliphatic carboxylic acids is 1. The van der Waals surface area contributed by atoms with Crippen LogP contribution in [0.25, 0.3) is 0 Å². The van der Waals surface area contributed by atoms with Gasteiger partial charge < -0.3 is 25.6 Å². The second-order valence-electron chi connectivity index (χ2n) is 6.12. The number of hydrogen-bond acceptors (Lipinski definition) is 7. The molecule has 0 aliphatic carbocycles. The minimum atomic E-state index is -3.66. The average Bonchev–Trinajstić information content (AvgIpc) is 2.76. The molecule has 0 aromatic rings. The number of nitrogens with zero attached hydrogens (tertiary/aromatic N) is 1. The van der Waals surface area contributed by atoms with Crippen LogP contribution in [-0.4, -0.2) is 71.8 Å². The van der Waals surface area contributed by atoms with Gasteiger partial charge in [-0.15, -0.1) is 0 Å². The average molecular weight is 376 g/mol. The summed E-state index contributed by atoms with van der Waals surface area (Å²) >= 11 is 0. The number of hydrogen-bond donors (Lipinski definition) is 3. The standard InChI is InChI=1S/C14H20N2O8S/c1-7(17)10-9-5-8(11(13(19)20)16(9)12(10)18)6-25(22,23)4-2-3-24-14(15)21/h7,9-10,17H,2-6H2,1H3,(H2,15,21)(H,19,20). The zero-order valence-corrected chi connectivity index (χ0v) is 14.4. The molecule has 0 spiro atoms. The summed E-state index contributed by atoms with van der Waals surface area (Å²) in [6, 6.07) is -0.526. The van der Waals surface area contributed by atoms with Gasteiger partial charge in [-0.2, -0.15) is 0 Å². The summed E-state index contributed by atoms with van der Waals surface area (Å²) < 4.78 is 28.8. The second kappa shape index (κ2) is 7.00. The highest BCUT2D eigenvalue weighted by Gasteiger charge is 2.56. The maximum Gasteiger partial charge on any atom is 0.404 e. The van der Waals surface area contributed by atoms with Crippen LogP contribution in [0.2, 0.25) is 0 Å². The van der Waals surface area contributed by atoms with E-state index in [4.69, 9.17) is 5.73 Å². The number of rotatable bonds is 8. The van der Waals surface area contributed by atoms with Gasteiger partial charge in [0.15, 0.2) is 9.84 Å². The van der Waals surface area contributed by atoms with E-state index in [0.717, 1.165) is 4.90 Å². The molecule has 140 valence electrons. The van der Waals surface area contributed by atoms with Gasteiger partial charge in [-0.1, -0.05) is 0 Å². The van der Waals surface area contributed by atoms with E-state index in [9.17, 15) is 33.0 Å². The Morgan fingerprint density at radius 2 is 2.08 bits per heavy atom. The van der Waals surface area contributed by atoms with Crippen molar-refractivity contribution in [1.82, 2.24) is 4.90 Å². The Labute approximate surface area is 144 Å². The number of fused-ring (bicyclic) bond motifs is 1. The monoisotopic (exact) mass is 376 g/mol. The van der Waals surface area contributed by atoms with Gasteiger partial charge in [0.25, 0.3) is 0 Å². The van der Waals surface area contributed by atoms with Crippen LogP contribution >= 0.6 is 0 Å². The molecule has 0 saturated carbocycles. The molecule has 4 N–H and O–H groups in total. The first-order valence-corrected chi connectivity index (χ1v) is 9.46. The lowest BCUT2D eigenvalue weighted by molar-refractivity contribution is -0.161. The number of sulfone groups is 1. The number of carbonyl (C=O) groups is 3. The molecule has 0 aromatic carbocycles. The molecule has 2 aliphatic heterocycles. The Morgan fingerprint density at radius 1 is 1.44 bits per heavy atom. The summed E-state index contributed by atoms with van der Waals surface area (Å²) in [7, 11) is -3.66. The number of aliphatic hydroxyl groups excluding tert-OH is 1. The van der Waals surface area contributed by atoms with Gasteiger partial charge >= 0.3 is 12.1 Å². The van der Waals surface area contributed by atoms with Crippen molar-refractivity contribution < 1.29 is 37.8 Å². The SMILES string of the molecule is CC(O)C1C(=O)N2C(C(=O)O)=C(CS(=O)(=O)CCCOC(N)=O)CC12. The molecule has 0 radical (unpaired) electrons. The normalized spacial score (nSPS) is 23.9. The smallest absolute Gasteiger partial charge is 0.404 e. The summed E-state index contributed by atoms with van der Waals surface area (Å²) in [6.07, 6.45) is -1.81. The van der Waals surface area contributed by atoms with E-state index in [1.807, 2.05) is 0 Å². The van der Waals surface area contributed by atoms with Gasteiger partial charge in [0, 0.05) is 0 Å². The number of aliphatic hydroxyl groups is 1. The molecule has 25 heavy (non-hydrogen) atoms. The van der Waals surface area contributed by atoms with Crippen LogP contribution in [0, 0.1) is 5.92 Å². The number of ether oxygens (including phenoxy) is 1. The molecule has 3 unspecified atom stereocenters. The minimum Gasteiger partial charge on any atom is -0.477 e. The number of β-lactam (4-membered cyclic amide) rings is 1. The summed E-state index contributed by atoms with van der Waals surface area (Å²) in [4.78, 5) is 35.0. The number of carboxylic acids is 1. The molecular weight excluding hydrogens is 356 g/mol. The van der Waals surface area contributed by atoms with Gasteiger partial charge in [0.05, 0.1) is 36.2 Å². The molecule has 3 atom stereocenters. The van der Waals surface area contributed by atoms with E-state index in [1.165, 1.54) is 6.92 Å². The van der Waals surface area contributed by atoms with Crippen molar-refractivity contribution in [1.29, 1.82) is 0 Å². The summed E-state index contributed by atoms with van der Waals surface area (Å²) in [5, 5.41) is 19.0. The fraction of sp³-hybridized carbons (Fsp3) is 0.643. The quantitative estimate of drug-likeness (QED) is 0.352. The van der Waals surface area contributed by atoms with E-state index >= 15 is 0 Å². The third kappa shape index (κ3) is 3.93. The fourth-order valence-electron chi connectivity index (χ4n) is 3.28. The van der Waals surface area contributed by atoms with E-state index in [-0.39, 0.29) is 36.5 Å². The highest BCUT2D eigenvalue weighted by Crippen LogP contribution is 2.43. The minimum absolute atomic E-state index is 0.0311. The van der Waals surface area contributed by atoms with E-state index in [1.54, 1.807) is 0 Å². The third-order valence-electron chi connectivity index (χ3n) is 4.26. The van der Waals surface area contributed by atoms with Crippen LogP contribution < -0.4 is 5.73 Å². The lowest BCUT2D eigenvalue weighted by Crippen LogP contribution is -2.61. The largest absolute Gasteiger partial charge is 0.477 e. The van der Waals surface area contributed by atoms with Crippen molar-refractivity contribution in [2.24, 2.45) is 11.7 Å². The molecule has 11 heteroatoms. The summed E-state index contributed by atoms with van der Waals surface area (Å²) in [6.45, 7) is 1.28. The topological polar surface area (TPSA) is 164 Å². The van der Waals surface area contributed by atoms with Gasteiger partial charge in [-0.3, -0.25) is 4.79 Å². The lowest BCUT2D eigenvalue weighted by atomic mass is 9.83. The molecule has 1 saturated heterocycles. The zero-order chi connectivity index (χ0) is 18.9. The number of carboxylic acid groups (broad SMARTS) is 1. The van der Waals surface area contributed by atoms with Crippen molar-refractivity contribution in [3.63, 3.8) is 0 Å². The molecule has 2 heterocycles. The van der Waals surface area contributed by atoms with Gasteiger partial charge in [0.2, 0.25) is 5.91 Å². The van der Waals surface area contributed by atoms with Crippen LogP contribution in [-0.2, 0) is 24.2 Å². The van der Waals surface area contributed by atoms with E-state index in [2.05, 4.69) is 4.74 Å². The Balaban J connectivity index is 2.09. The molecule has 2 amide bonds. The molecule has 10 nitrogen and oxygen atoms in total. The lowest BCUT2D eigenvalue weighted by Gasteiger charge is -2.44. The zero-order valence-electron chi connectivity index (χ0n) is 13.5. The maximum absolute atomic E-state index is 12.2. The first-order valence-electron chi connectivity index (χ1n) is 7.64. The van der Waals surface area contributed by atoms with Crippen molar-refractivity contribution in [2.45, 2.75) is 31.9 Å². The third-order valence-corrected chi connectivity index (χ3v) is 5.96. The van der Waals surface area contributed by atoms with Crippen LogP contribution in [0.5, 0.6) is 0 Å². The number of nitrogens with two attached hydrogens (primary N) is 1. The van der Waals surface area contributed by atoms with Crippen molar-refractivity contribution in [3.05, 3.63) is 11.3 Å². The molecule has 0 bridgehead atoms. The predicted molar refractivity (Wildman–Crippen MR) is 83.9 cm³/mol. The first kappa shape index (κ1) is 19.2. The molecule has 2 aliphatic rings. The van der Waals surface area contributed by atoms with Crippen LogP contribution in [0.1, 0.15) is 19.8 Å². The Bertz CT molecular complexity index is 727. The summed E-state index contributed by atoms with van der Waals surface area (Å²) in [5.74, 6) is -3.42. The van der Waals surface area contributed by atoms with Crippen LogP contribution in [0.4, 0.5) is 4.79 Å². The maximum atomic E-state index is 12.2. The summed E-state index contributed by atoms with van der Waals surface area (Å²) in [5.41, 5.74) is 4.60. The molecular formula is C14H20N2O8S. The van der Waals surface area contributed by atoms with Gasteiger partial charge in [-0.05, 0) is 25.3 Å². The molecule has 1 fully saturated rings. The fourth-order valence-corrected chi connectivity index (χ4v) is 4.77. The second-order valence-corrected chi connectivity index (χ2v) is 8.30. The van der Waals surface area contributed by atoms with Crippen LogP contribution in [0.3, 0.4) is 0 Å². The van der Waals surface area contributed by atoms with Gasteiger partial charge in [-0.25, -0.2) is 18.0 Å². The number of primary amides is 1. The first-order chi connectivity index (χ1) is 11.5. The Hall–Kier alpha value is -2.14. The number of amides is 2. The van der Waals surface area contributed by atoms with Gasteiger partial charge in [0.1, 0.15) is 5.70 Å². The van der Waals surface area contributed by atoms with E-state index < -0.39 is 51.6 Å². The highest BCUT2D eigenvalue weighted by molar-refractivity contribution is 7.91. The van der Waals surface area contributed by atoms with Crippen LogP contribution in [0.15, 0.2) is 11.3 Å². The Kier molecular flexibility index (Phi) is 5.37. The van der Waals surface area contributed by atoms with E-state index in [0.29, 0.717) is 0 Å². The predicted octanol–water partition coefficient (Wildman–Crippen LogP) is -1.16. The van der Waals surface area contributed by atoms with Crippen molar-refractivity contribution in [2.75, 3.05) is 18.1 Å². The van der Waals surface area contributed by atoms with Crippen molar-refractivity contribution in [3.8, 4) is 0 Å². The number of carbonyl (C=O) groups excluding carboxylic acids is 2. The van der Waals surface area contributed by atoms with Crippen molar-refractivity contribution >= 4 is 27.8 Å².